The zero-order valence-corrected chi connectivity index (χ0v) is 64.8. The Morgan fingerprint density at radius 2 is 0.629 bits per heavy atom. The smallest absolute Gasteiger partial charge is 0.165 e. The van der Waals surface area contributed by atoms with E-state index in [0.29, 0.717) is 23.3 Å². The third-order valence-electron chi connectivity index (χ3n) is 23.5. The first kappa shape index (κ1) is 67.2. The van der Waals surface area contributed by atoms with Gasteiger partial charge in [0, 0.05) is 129 Å². The van der Waals surface area contributed by atoms with Gasteiger partial charge in [0.25, 0.3) is 0 Å². The van der Waals surface area contributed by atoms with Crippen LogP contribution in [0.5, 0.6) is 0 Å². The molecule has 0 spiro atoms. The van der Waals surface area contributed by atoms with Gasteiger partial charge >= 0.3 is 0 Å². The molecule has 0 saturated carbocycles. The molecule has 7 heterocycles. The Kier molecular flexibility index (Phi) is 15.5. The van der Waals surface area contributed by atoms with E-state index in [1.54, 1.807) is 11.3 Å². The van der Waals surface area contributed by atoms with Crippen LogP contribution in [-0.2, 0) is 5.41 Å². The van der Waals surface area contributed by atoms with Gasteiger partial charge in [-0.05, 0) is 143 Å². The van der Waals surface area contributed by atoms with E-state index in [1.165, 1.54) is 112 Å². The molecule has 0 radical (unpaired) electrons. The quantitative estimate of drug-likeness (QED) is 0.136. The third kappa shape index (κ3) is 10.9. The van der Waals surface area contributed by atoms with Crippen LogP contribution >= 0.6 is 22.7 Å². The van der Waals surface area contributed by atoms with Gasteiger partial charge in [-0.3, -0.25) is 0 Å². The molecular weight excluding hydrogens is 1450 g/mol. The number of nitrogens with zero attached hydrogens (tertiary/aromatic N) is 8. The lowest BCUT2D eigenvalue weighted by molar-refractivity contribution is 0.661. The molecule has 0 amide bonds. The molecule has 544 valence electrons. The van der Waals surface area contributed by atoms with Crippen molar-refractivity contribution in [3.8, 4) is 107 Å². The maximum Gasteiger partial charge on any atom is 0.165 e. The van der Waals surface area contributed by atoms with Crippen LogP contribution in [0.1, 0.15) is 25.0 Å². The highest BCUT2D eigenvalue weighted by molar-refractivity contribution is 7.26. The van der Waals surface area contributed by atoms with E-state index in [2.05, 4.69) is 355 Å². The molecule has 0 fully saturated rings. The van der Waals surface area contributed by atoms with Gasteiger partial charge in [-0.15, -0.1) is 22.7 Å². The number of hydrogen-bond donors (Lipinski definition) is 0. The number of hydrogen-bond acceptors (Lipinski definition) is 7. The average Bonchev–Trinajstić information content (AvgIpc) is 1.55. The van der Waals surface area contributed by atoms with Crippen LogP contribution in [-0.4, -0.2) is 38.6 Å². The van der Waals surface area contributed by atoms with Crippen molar-refractivity contribution in [3.63, 3.8) is 0 Å². The van der Waals surface area contributed by atoms with Crippen LogP contribution in [0, 0.1) is 0 Å². The van der Waals surface area contributed by atoms with Crippen molar-refractivity contribution in [1.29, 1.82) is 0 Å². The van der Waals surface area contributed by atoms with Crippen molar-refractivity contribution in [2.45, 2.75) is 19.3 Å². The molecule has 1 aliphatic carbocycles. The highest BCUT2D eigenvalue weighted by Crippen LogP contribution is 2.53. The SMILES string of the molecule is CC1(C)c2ccccc2-c2cc3c4ccc(-c5cc(-c6nc(-c7ccccc7)nc(-c7ccccc7)n6)c6sc7ccccc7c6c5)cc4n(-c4ccccc4)c3cc21.c1ccc(-c2cc(-c3ccccc3)nc(-c3cc(-n4c5ccccc5c5cc6c7ccccc7n(-c7ccccc7)c6cc54)cc4c3sc3ccccc34)n2)cc1. The Bertz CT molecular complexity index is 7780. The average molecular weight is 1520 g/mol. The van der Waals surface area contributed by atoms with Crippen LogP contribution in [0.4, 0.5) is 0 Å². The first-order valence-electron chi connectivity index (χ1n) is 39.4. The summed E-state index contributed by atoms with van der Waals surface area (Å²) in [6, 6.07) is 135. The molecule has 116 heavy (non-hydrogen) atoms. The first-order chi connectivity index (χ1) is 57.3. The Morgan fingerprint density at radius 1 is 0.216 bits per heavy atom. The molecule has 0 aliphatic heterocycles. The molecule has 8 nitrogen and oxygen atoms in total. The van der Waals surface area contributed by atoms with Crippen LogP contribution in [0.2, 0.25) is 0 Å². The normalized spacial score (nSPS) is 12.5. The van der Waals surface area contributed by atoms with Crippen LogP contribution < -0.4 is 0 Å². The number of aromatic nitrogens is 8. The summed E-state index contributed by atoms with van der Waals surface area (Å²) in [6.07, 6.45) is 0. The third-order valence-corrected chi connectivity index (χ3v) is 26.0. The summed E-state index contributed by atoms with van der Waals surface area (Å²) in [7, 11) is 0. The molecule has 0 unspecified atom stereocenters. The van der Waals surface area contributed by atoms with E-state index >= 15 is 0 Å². The fourth-order valence-electron chi connectivity index (χ4n) is 18.1. The van der Waals surface area contributed by atoms with Gasteiger partial charge in [-0.25, -0.2) is 24.9 Å². The van der Waals surface area contributed by atoms with E-state index in [9.17, 15) is 0 Å². The minimum Gasteiger partial charge on any atom is -0.309 e. The summed E-state index contributed by atoms with van der Waals surface area (Å²) in [5.41, 5.74) is 25.8. The van der Waals surface area contributed by atoms with E-state index in [1.807, 2.05) is 59.9 Å². The Hall–Kier alpha value is -14.6. The first-order valence-corrected chi connectivity index (χ1v) is 41.0. The Balaban J connectivity index is 0.000000137. The van der Waals surface area contributed by atoms with Gasteiger partial charge in [0.1, 0.15) is 0 Å². The molecule has 1 aliphatic rings. The lowest BCUT2D eigenvalue weighted by Gasteiger charge is -2.21. The van der Waals surface area contributed by atoms with Gasteiger partial charge < -0.3 is 13.7 Å². The van der Waals surface area contributed by atoms with Gasteiger partial charge in [-0.1, -0.05) is 281 Å². The Labute approximate surface area is 676 Å². The van der Waals surface area contributed by atoms with E-state index in [-0.39, 0.29) is 5.41 Å². The van der Waals surface area contributed by atoms with Gasteiger partial charge in [0.2, 0.25) is 0 Å². The fraction of sp³-hybridized carbons (Fsp3) is 0.0283. The Morgan fingerprint density at radius 3 is 1.20 bits per heavy atom. The van der Waals surface area contributed by atoms with Crippen molar-refractivity contribution in [2.24, 2.45) is 0 Å². The van der Waals surface area contributed by atoms with E-state index < -0.39 is 0 Å². The lowest BCUT2D eigenvalue weighted by Crippen LogP contribution is -2.14. The number of benzene rings is 16. The monoisotopic (exact) mass is 1520 g/mol. The lowest BCUT2D eigenvalue weighted by atomic mass is 9.82. The maximum absolute atomic E-state index is 5.36. The number of fused-ring (bicyclic) bond motifs is 18. The molecule has 0 bridgehead atoms. The summed E-state index contributed by atoms with van der Waals surface area (Å²) in [5, 5.41) is 12.3. The predicted molar refractivity (Wildman–Crippen MR) is 486 cm³/mol. The molecule has 7 aromatic heterocycles. The summed E-state index contributed by atoms with van der Waals surface area (Å²) < 4.78 is 12.1. The van der Waals surface area contributed by atoms with Crippen LogP contribution in [0.25, 0.3) is 213 Å². The van der Waals surface area contributed by atoms with Crippen LogP contribution in [0.3, 0.4) is 0 Å². The van der Waals surface area contributed by atoms with Gasteiger partial charge in [-0.2, -0.15) is 0 Å². The summed E-state index contributed by atoms with van der Waals surface area (Å²) in [5.74, 6) is 2.68. The topological polar surface area (TPSA) is 79.2 Å². The molecule has 24 rings (SSSR count). The van der Waals surface area contributed by atoms with E-state index in [0.717, 1.165) is 88.7 Å². The predicted octanol–water partition coefficient (Wildman–Crippen LogP) is 28.4. The number of para-hydroxylation sites is 4. The van der Waals surface area contributed by atoms with Crippen molar-refractivity contribution in [1.82, 2.24) is 38.6 Å². The van der Waals surface area contributed by atoms with Crippen molar-refractivity contribution < 1.29 is 0 Å². The highest BCUT2D eigenvalue weighted by atomic mass is 32.1. The zero-order valence-electron chi connectivity index (χ0n) is 63.2. The molecule has 0 atom stereocenters. The second kappa shape index (κ2) is 26.8. The second-order valence-electron chi connectivity index (χ2n) is 30.6. The highest BCUT2D eigenvalue weighted by Gasteiger charge is 2.37. The second-order valence-corrected chi connectivity index (χ2v) is 32.7. The van der Waals surface area contributed by atoms with Crippen molar-refractivity contribution in [2.75, 3.05) is 0 Å². The number of rotatable bonds is 10. The maximum atomic E-state index is 5.36. The molecule has 23 aromatic rings. The van der Waals surface area contributed by atoms with Crippen LogP contribution in [0.15, 0.2) is 376 Å². The number of thiophene rings is 2. The summed E-state index contributed by atoms with van der Waals surface area (Å²) >= 11 is 3.61. The minimum atomic E-state index is -0.103. The summed E-state index contributed by atoms with van der Waals surface area (Å²) in [6.45, 7) is 4.72. The van der Waals surface area contributed by atoms with Gasteiger partial charge in [0.05, 0.1) is 44.5 Å². The molecule has 10 heteroatoms. The van der Waals surface area contributed by atoms with Crippen molar-refractivity contribution in [3.05, 3.63) is 387 Å². The molecule has 16 aromatic carbocycles. The minimum absolute atomic E-state index is 0.103. The van der Waals surface area contributed by atoms with Crippen molar-refractivity contribution >= 4 is 128 Å². The standard InChI is InChI=1S/C54H36N4S.C52H32N4S/c1-54(2)45-24-14-12-22-38(45)41-31-42-39-27-26-35(30-47(39)58(48(42)32-46(41)54)37-20-10-5-11-21-37)36-28-43-40-23-13-15-25-49(40)59-50(43)44(29-36)53-56-51(33-16-6-3-7-17-33)55-52(57-53)34-18-8-4-9-19-34;1-4-16-33(17-5-1)44-31-45(34-18-6-2-7-19-34)54-52(53-44)43-29-36(28-42-39-24-12-15-27-50(39)57-51(42)43)56-47-26-14-11-23-38(47)41-30-40-37-22-10-13-25-46(37)55(48(40)32-49(41)56)35-20-8-3-9-21-35/h3-32H,1-2H3;1-32H. The zero-order chi connectivity index (χ0) is 76.7. The summed E-state index contributed by atoms with van der Waals surface area (Å²) in [4.78, 5) is 26.2. The van der Waals surface area contributed by atoms with E-state index in [4.69, 9.17) is 24.9 Å². The molecular formula is C106H68N8S2. The molecule has 0 saturated heterocycles. The largest absolute Gasteiger partial charge is 0.309 e. The van der Waals surface area contributed by atoms with Gasteiger partial charge in [0.15, 0.2) is 23.3 Å². The fourth-order valence-corrected chi connectivity index (χ4v) is 20.5. The molecule has 0 N–H and O–H groups in total.